The van der Waals surface area contributed by atoms with Crippen molar-refractivity contribution in [1.29, 1.82) is 0 Å². The molecule has 3 heterocycles. The van der Waals surface area contributed by atoms with E-state index in [1.807, 2.05) is 4.90 Å². The number of ether oxygens (including phenoxy) is 2. The van der Waals surface area contributed by atoms with Gasteiger partial charge in [-0.1, -0.05) is 20.3 Å². The van der Waals surface area contributed by atoms with Gasteiger partial charge in [-0.2, -0.15) is 0 Å². The lowest BCUT2D eigenvalue weighted by molar-refractivity contribution is -0.123. The molecule has 3 atom stereocenters. The zero-order chi connectivity index (χ0) is 22.2. The van der Waals surface area contributed by atoms with Crippen molar-refractivity contribution in [1.82, 2.24) is 15.1 Å². The quantitative estimate of drug-likeness (QED) is 0.752. The second-order valence-electron chi connectivity index (χ2n) is 9.48. The number of amides is 2. The first-order valence-corrected chi connectivity index (χ1v) is 11.5. The predicted octanol–water partition coefficient (Wildman–Crippen LogP) is 2.40. The largest absolute Gasteiger partial charge is 0.497 e. The number of carbonyl (C=O) groups excluding carboxylic acids is 2. The van der Waals surface area contributed by atoms with Gasteiger partial charge in [-0.15, -0.1) is 0 Å². The third-order valence-corrected chi connectivity index (χ3v) is 7.62. The smallest absolute Gasteiger partial charge is 0.254 e. The molecule has 3 aliphatic heterocycles. The van der Waals surface area contributed by atoms with E-state index in [0.717, 1.165) is 38.9 Å². The van der Waals surface area contributed by atoms with Crippen molar-refractivity contribution in [2.45, 2.75) is 38.6 Å². The molecule has 1 spiro atoms. The van der Waals surface area contributed by atoms with Gasteiger partial charge in [-0.3, -0.25) is 9.59 Å². The van der Waals surface area contributed by atoms with Crippen LogP contribution in [0, 0.1) is 17.8 Å². The molecule has 3 aliphatic rings. The normalized spacial score (nSPS) is 25.9. The molecule has 0 aliphatic carbocycles. The van der Waals surface area contributed by atoms with Gasteiger partial charge in [-0.25, -0.2) is 0 Å². The van der Waals surface area contributed by atoms with E-state index >= 15 is 0 Å². The van der Waals surface area contributed by atoms with Crippen molar-refractivity contribution in [3.8, 4) is 11.5 Å². The summed E-state index contributed by atoms with van der Waals surface area (Å²) in [7, 11) is 3.16. The number of methoxy groups -OCH3 is 2. The van der Waals surface area contributed by atoms with Gasteiger partial charge in [-0.05, 0) is 30.9 Å². The van der Waals surface area contributed by atoms with Crippen LogP contribution < -0.4 is 14.8 Å². The summed E-state index contributed by atoms with van der Waals surface area (Å²) in [6, 6.07) is 5.28. The van der Waals surface area contributed by atoms with Crippen LogP contribution in [0.25, 0.3) is 0 Å². The van der Waals surface area contributed by atoms with Gasteiger partial charge in [0.1, 0.15) is 11.5 Å². The number of hydrogen-bond acceptors (Lipinski definition) is 5. The van der Waals surface area contributed by atoms with E-state index in [1.54, 1.807) is 32.4 Å². The average molecular weight is 430 g/mol. The van der Waals surface area contributed by atoms with Gasteiger partial charge in [0, 0.05) is 55.8 Å². The summed E-state index contributed by atoms with van der Waals surface area (Å²) in [5, 5.41) is 3.35. The first-order valence-electron chi connectivity index (χ1n) is 11.5. The lowest BCUT2D eigenvalue weighted by Crippen LogP contribution is -2.56. The Morgan fingerprint density at radius 3 is 2.39 bits per heavy atom. The molecule has 7 nitrogen and oxygen atoms in total. The third-order valence-electron chi connectivity index (χ3n) is 7.62. The summed E-state index contributed by atoms with van der Waals surface area (Å²) in [4.78, 5) is 30.3. The zero-order valence-corrected chi connectivity index (χ0v) is 19.1. The summed E-state index contributed by atoms with van der Waals surface area (Å²) in [6.07, 6.45) is 2.78. The van der Waals surface area contributed by atoms with Crippen LogP contribution >= 0.6 is 0 Å². The van der Waals surface area contributed by atoms with Crippen LogP contribution in [0.1, 0.15) is 43.5 Å². The van der Waals surface area contributed by atoms with Gasteiger partial charge >= 0.3 is 0 Å². The molecule has 170 valence electrons. The van der Waals surface area contributed by atoms with Crippen LogP contribution in [0.15, 0.2) is 18.2 Å². The molecule has 31 heavy (non-hydrogen) atoms. The molecule has 3 saturated heterocycles. The van der Waals surface area contributed by atoms with Crippen molar-refractivity contribution in [3.63, 3.8) is 0 Å². The minimum Gasteiger partial charge on any atom is -0.497 e. The van der Waals surface area contributed by atoms with Crippen LogP contribution in [0.5, 0.6) is 11.5 Å². The Kier molecular flexibility index (Phi) is 6.15. The number of nitrogens with one attached hydrogen (secondary N) is 1. The highest BCUT2D eigenvalue weighted by molar-refractivity contribution is 5.95. The topological polar surface area (TPSA) is 71.1 Å². The summed E-state index contributed by atoms with van der Waals surface area (Å²) in [5.41, 5.74) is 0.399. The molecule has 0 radical (unpaired) electrons. The van der Waals surface area contributed by atoms with E-state index in [2.05, 4.69) is 24.1 Å². The average Bonchev–Trinajstić information content (AvgIpc) is 3.32. The standard InChI is InChI=1S/C24H35N3O4/c1-5-16(2)13-26-14-20-21(15-26)24(25-22(20)28)6-8-27(9-7-24)23(29)17-10-18(30-3)12-19(11-17)31-4/h10-12,16,20-21H,5-9,13-15H2,1-4H3,(H,25,28)/t16?,20-,21+/m1/s1. The molecule has 1 unspecified atom stereocenters. The van der Waals surface area contributed by atoms with Crippen molar-refractivity contribution < 1.29 is 19.1 Å². The first kappa shape index (κ1) is 21.9. The number of rotatable bonds is 6. The summed E-state index contributed by atoms with van der Waals surface area (Å²) in [6.45, 7) is 8.71. The van der Waals surface area contributed by atoms with Crippen molar-refractivity contribution in [2.24, 2.45) is 17.8 Å². The second kappa shape index (κ2) is 8.69. The van der Waals surface area contributed by atoms with Crippen molar-refractivity contribution >= 4 is 11.8 Å². The minimum atomic E-state index is -0.172. The van der Waals surface area contributed by atoms with Gasteiger partial charge in [0.2, 0.25) is 5.91 Å². The number of piperidine rings is 1. The number of benzene rings is 1. The van der Waals surface area contributed by atoms with E-state index in [1.165, 1.54) is 0 Å². The van der Waals surface area contributed by atoms with Gasteiger partial charge in [0.25, 0.3) is 5.91 Å². The molecule has 4 rings (SSSR count). The molecule has 1 aromatic rings. The minimum absolute atomic E-state index is 0.0160. The maximum atomic E-state index is 13.2. The fourth-order valence-corrected chi connectivity index (χ4v) is 5.58. The highest BCUT2D eigenvalue weighted by Crippen LogP contribution is 2.44. The predicted molar refractivity (Wildman–Crippen MR) is 118 cm³/mol. The van der Waals surface area contributed by atoms with E-state index < -0.39 is 0 Å². The Bertz CT molecular complexity index is 812. The molecule has 1 aromatic carbocycles. The zero-order valence-electron chi connectivity index (χ0n) is 19.1. The van der Waals surface area contributed by atoms with Gasteiger partial charge in [0.05, 0.1) is 20.1 Å². The fraction of sp³-hybridized carbons (Fsp3) is 0.667. The molecule has 3 fully saturated rings. The number of fused-ring (bicyclic) bond motifs is 2. The van der Waals surface area contributed by atoms with Crippen LogP contribution in [-0.2, 0) is 4.79 Å². The van der Waals surface area contributed by atoms with Crippen molar-refractivity contribution in [2.75, 3.05) is 46.9 Å². The number of carbonyl (C=O) groups is 2. The Morgan fingerprint density at radius 2 is 1.81 bits per heavy atom. The monoisotopic (exact) mass is 429 g/mol. The Hall–Kier alpha value is -2.28. The molecule has 0 aromatic heterocycles. The maximum Gasteiger partial charge on any atom is 0.254 e. The SMILES string of the molecule is CCC(C)CN1C[C@H]2C(=O)NC3(CCN(C(=O)c4cc(OC)cc(OC)c4)CC3)[C@H]2C1. The molecule has 1 N–H and O–H groups in total. The van der Waals surface area contributed by atoms with Crippen LogP contribution in [0.2, 0.25) is 0 Å². The Labute approximate surface area is 185 Å². The van der Waals surface area contributed by atoms with Crippen LogP contribution in [0.4, 0.5) is 0 Å². The number of likely N-dealkylation sites (tertiary alicyclic amines) is 2. The first-order chi connectivity index (χ1) is 14.9. The molecule has 0 bridgehead atoms. The Morgan fingerprint density at radius 1 is 1.16 bits per heavy atom. The van der Waals surface area contributed by atoms with Gasteiger partial charge < -0.3 is 24.6 Å². The molecular formula is C24H35N3O4. The molecule has 0 saturated carbocycles. The fourth-order valence-electron chi connectivity index (χ4n) is 5.58. The third kappa shape index (κ3) is 4.12. The van der Waals surface area contributed by atoms with Crippen molar-refractivity contribution in [3.05, 3.63) is 23.8 Å². The summed E-state index contributed by atoms with van der Waals surface area (Å²) < 4.78 is 10.6. The highest BCUT2D eigenvalue weighted by atomic mass is 16.5. The summed E-state index contributed by atoms with van der Waals surface area (Å²) >= 11 is 0. The maximum absolute atomic E-state index is 13.2. The van der Waals surface area contributed by atoms with E-state index in [9.17, 15) is 9.59 Å². The van der Waals surface area contributed by atoms with E-state index in [4.69, 9.17) is 9.47 Å². The second-order valence-corrected chi connectivity index (χ2v) is 9.48. The van der Waals surface area contributed by atoms with Gasteiger partial charge in [0.15, 0.2) is 0 Å². The van der Waals surface area contributed by atoms with Crippen LogP contribution in [0.3, 0.4) is 0 Å². The highest BCUT2D eigenvalue weighted by Gasteiger charge is 2.57. The Balaban J connectivity index is 1.43. The van der Waals surface area contributed by atoms with E-state index in [-0.39, 0.29) is 23.3 Å². The number of nitrogens with zero attached hydrogens (tertiary/aromatic N) is 2. The molecular weight excluding hydrogens is 394 g/mol. The molecule has 2 amide bonds. The lowest BCUT2D eigenvalue weighted by atomic mass is 9.75. The summed E-state index contributed by atoms with van der Waals surface area (Å²) in [5.74, 6) is 2.49. The lowest BCUT2D eigenvalue weighted by Gasteiger charge is -2.43. The van der Waals surface area contributed by atoms with Crippen LogP contribution in [-0.4, -0.2) is 74.1 Å². The van der Waals surface area contributed by atoms with E-state index in [0.29, 0.717) is 42.0 Å². The number of hydrogen-bond donors (Lipinski definition) is 1. The molecule has 7 heteroatoms.